The lowest BCUT2D eigenvalue weighted by atomic mass is 9.93. The van der Waals surface area contributed by atoms with Gasteiger partial charge in [-0.1, -0.05) is 12.1 Å². The minimum atomic E-state index is -4.06. The topological polar surface area (TPSA) is 109 Å². The van der Waals surface area contributed by atoms with E-state index in [1.165, 1.54) is 7.05 Å². The molecule has 1 fully saturated rings. The zero-order valence-corrected chi connectivity index (χ0v) is 21.7. The number of likely N-dealkylation sites (tertiary alicyclic amines) is 1. The summed E-state index contributed by atoms with van der Waals surface area (Å²) in [5, 5.41) is 7.23. The highest BCUT2D eigenvalue weighted by molar-refractivity contribution is 6.04. The number of piperidine rings is 1. The van der Waals surface area contributed by atoms with Crippen molar-refractivity contribution < 1.29 is 27.5 Å². The van der Waals surface area contributed by atoms with Crippen LogP contribution in [0.1, 0.15) is 55.6 Å². The molecule has 1 aliphatic heterocycles. The largest absolute Gasteiger partial charge is 0.401 e. The Bertz CT molecular complexity index is 1240. The SMILES string of the molecule is CNCC(F)(F)F.COC(C)(C)C.O=Cc1cccc2nn3c(C4CCN(C=O)CC4)cc(=O)[nH]c3c12. The summed E-state index contributed by atoms with van der Waals surface area (Å²) >= 11 is 0. The number of aromatic nitrogens is 3. The number of fused-ring (bicyclic) bond motifs is 3. The highest BCUT2D eigenvalue weighted by Crippen LogP contribution is 2.29. The number of H-pyrrole nitrogens is 1. The van der Waals surface area contributed by atoms with Crippen LogP contribution in [0.15, 0.2) is 29.1 Å². The van der Waals surface area contributed by atoms with Crippen LogP contribution in [0.25, 0.3) is 16.6 Å². The molecule has 0 bridgehead atoms. The van der Waals surface area contributed by atoms with Crippen LogP contribution in [0.4, 0.5) is 13.2 Å². The van der Waals surface area contributed by atoms with E-state index in [0.29, 0.717) is 35.2 Å². The second-order valence-electron chi connectivity index (χ2n) is 9.56. The van der Waals surface area contributed by atoms with Gasteiger partial charge >= 0.3 is 6.18 Å². The molecule has 1 aliphatic rings. The molecular weight excluding hydrogens is 491 g/mol. The van der Waals surface area contributed by atoms with E-state index in [1.807, 2.05) is 32.2 Å². The zero-order valence-electron chi connectivity index (χ0n) is 21.7. The smallest absolute Gasteiger partial charge is 0.379 e. The van der Waals surface area contributed by atoms with Gasteiger partial charge in [0.15, 0.2) is 6.29 Å². The summed E-state index contributed by atoms with van der Waals surface area (Å²) in [5.74, 6) is 0.153. The van der Waals surface area contributed by atoms with Gasteiger partial charge in [-0.05, 0) is 46.7 Å². The van der Waals surface area contributed by atoms with Gasteiger partial charge in [0, 0.05) is 37.7 Å². The fraction of sp³-hybridized carbons (Fsp3) is 0.520. The lowest BCUT2D eigenvalue weighted by Gasteiger charge is -2.29. The Morgan fingerprint density at radius 1 is 1.19 bits per heavy atom. The van der Waals surface area contributed by atoms with Gasteiger partial charge in [0.25, 0.3) is 5.56 Å². The Morgan fingerprint density at radius 3 is 2.27 bits per heavy atom. The van der Waals surface area contributed by atoms with Gasteiger partial charge in [-0.2, -0.15) is 18.3 Å². The normalized spacial score (nSPS) is 14.5. The monoisotopic (exact) mass is 525 g/mol. The molecule has 1 saturated heterocycles. The molecule has 0 aliphatic carbocycles. The average Bonchev–Trinajstić information content (AvgIpc) is 3.22. The third kappa shape index (κ3) is 8.67. The number of amides is 1. The van der Waals surface area contributed by atoms with E-state index in [0.717, 1.165) is 31.2 Å². The summed E-state index contributed by atoms with van der Waals surface area (Å²) < 4.78 is 39.7. The summed E-state index contributed by atoms with van der Waals surface area (Å²) in [6.07, 6.45) is -0.851. The molecule has 0 radical (unpaired) electrons. The molecule has 1 amide bonds. The molecule has 37 heavy (non-hydrogen) atoms. The number of methoxy groups -OCH3 is 1. The minimum Gasteiger partial charge on any atom is -0.379 e. The Balaban J connectivity index is 0.000000309. The van der Waals surface area contributed by atoms with E-state index in [2.05, 4.69) is 10.1 Å². The van der Waals surface area contributed by atoms with Crippen LogP contribution in [0.2, 0.25) is 0 Å². The molecule has 0 unspecified atom stereocenters. The minimum absolute atomic E-state index is 0.0417. The number of alkyl halides is 3. The van der Waals surface area contributed by atoms with E-state index >= 15 is 0 Å². The van der Waals surface area contributed by atoms with Crippen LogP contribution < -0.4 is 10.9 Å². The number of carbonyl (C=O) groups excluding carboxylic acids is 2. The second-order valence-corrected chi connectivity index (χ2v) is 9.56. The number of halogens is 3. The first-order valence-corrected chi connectivity index (χ1v) is 11.8. The highest BCUT2D eigenvalue weighted by Gasteiger charge is 2.25. The van der Waals surface area contributed by atoms with Crippen LogP contribution in [-0.2, 0) is 9.53 Å². The maximum Gasteiger partial charge on any atom is 0.401 e. The molecule has 0 atom stereocenters. The Hall–Kier alpha value is -3.25. The second kappa shape index (κ2) is 12.8. The van der Waals surface area contributed by atoms with Crippen molar-refractivity contribution >= 4 is 29.2 Å². The number of benzene rings is 1. The Morgan fingerprint density at radius 2 is 1.81 bits per heavy atom. The van der Waals surface area contributed by atoms with E-state index < -0.39 is 12.7 Å². The zero-order chi connectivity index (χ0) is 27.8. The first kappa shape index (κ1) is 30.0. The number of aldehydes is 1. The van der Waals surface area contributed by atoms with Gasteiger partial charge in [0.05, 0.1) is 28.7 Å². The van der Waals surface area contributed by atoms with Gasteiger partial charge in [0.2, 0.25) is 6.41 Å². The van der Waals surface area contributed by atoms with Crippen LogP contribution in [0, 0.1) is 0 Å². The molecule has 3 heterocycles. The van der Waals surface area contributed by atoms with E-state index in [4.69, 9.17) is 4.74 Å². The summed E-state index contributed by atoms with van der Waals surface area (Å²) in [5.41, 5.74) is 2.39. The molecule has 9 nitrogen and oxygen atoms in total. The number of nitrogens with one attached hydrogen (secondary N) is 2. The van der Waals surface area contributed by atoms with E-state index in [-0.39, 0.29) is 17.1 Å². The third-order valence-electron chi connectivity index (χ3n) is 5.71. The van der Waals surface area contributed by atoms with Crippen molar-refractivity contribution in [1.82, 2.24) is 24.8 Å². The number of hydrogen-bond donors (Lipinski definition) is 2. The lowest BCUT2D eigenvalue weighted by Crippen LogP contribution is -2.32. The van der Waals surface area contributed by atoms with Gasteiger partial charge in [0.1, 0.15) is 5.65 Å². The average molecular weight is 526 g/mol. The van der Waals surface area contributed by atoms with Crippen LogP contribution in [0.3, 0.4) is 0 Å². The molecule has 12 heteroatoms. The Kier molecular flexibility index (Phi) is 10.4. The summed E-state index contributed by atoms with van der Waals surface area (Å²) in [7, 11) is 2.97. The highest BCUT2D eigenvalue weighted by atomic mass is 19.4. The van der Waals surface area contributed by atoms with Crippen molar-refractivity contribution in [3.05, 3.63) is 45.9 Å². The van der Waals surface area contributed by atoms with Crippen LogP contribution >= 0.6 is 0 Å². The summed E-state index contributed by atoms with van der Waals surface area (Å²) in [6, 6.07) is 6.89. The number of rotatable bonds is 4. The predicted octanol–water partition coefficient (Wildman–Crippen LogP) is 3.52. The third-order valence-corrected chi connectivity index (χ3v) is 5.71. The standard InChI is InChI=1S/C17H16N4O3.C5H12O.C3H6F3N/c22-9-12-2-1-3-13-16(12)17-18-15(24)8-14(21(17)19-13)11-4-6-20(10-23)7-5-11;1-5(2,3)6-4;1-7-2-3(4,5)6/h1-3,8-11H,4-7H2,(H,18,24);1-4H3;7H,2H2,1H3. The molecule has 4 rings (SSSR count). The van der Waals surface area contributed by atoms with Crippen molar-refractivity contribution in [2.45, 2.75) is 51.3 Å². The van der Waals surface area contributed by atoms with Gasteiger partial charge < -0.3 is 19.9 Å². The van der Waals surface area contributed by atoms with Crippen molar-refractivity contribution in [3.63, 3.8) is 0 Å². The van der Waals surface area contributed by atoms with E-state index in [1.54, 1.807) is 34.7 Å². The molecule has 2 N–H and O–H groups in total. The van der Waals surface area contributed by atoms with Crippen LogP contribution in [-0.4, -0.2) is 77.8 Å². The summed E-state index contributed by atoms with van der Waals surface area (Å²) in [4.78, 5) is 38.9. The molecule has 204 valence electrons. The van der Waals surface area contributed by atoms with Crippen molar-refractivity contribution in [2.24, 2.45) is 0 Å². The van der Waals surface area contributed by atoms with Crippen molar-refractivity contribution in [1.29, 1.82) is 0 Å². The number of hydrogen-bond acceptors (Lipinski definition) is 6. The fourth-order valence-corrected chi connectivity index (χ4v) is 3.70. The molecule has 1 aromatic carbocycles. The molecule has 3 aromatic rings. The maximum absolute atomic E-state index is 12.2. The number of carbonyl (C=O) groups is 2. The lowest BCUT2D eigenvalue weighted by molar-refractivity contribution is -0.123. The number of ether oxygens (including phenoxy) is 1. The Labute approximate surface area is 213 Å². The van der Waals surface area contributed by atoms with Gasteiger partial charge in [-0.3, -0.25) is 14.4 Å². The number of nitrogens with zero attached hydrogens (tertiary/aromatic N) is 3. The first-order chi connectivity index (χ1) is 17.3. The number of aromatic amines is 1. The molecule has 0 saturated carbocycles. The summed E-state index contributed by atoms with van der Waals surface area (Å²) in [6.45, 7) is 6.49. The maximum atomic E-state index is 12.2. The fourth-order valence-electron chi connectivity index (χ4n) is 3.70. The molecular formula is C25H34F3N5O4. The van der Waals surface area contributed by atoms with Crippen molar-refractivity contribution in [2.75, 3.05) is 33.8 Å². The molecule has 0 spiro atoms. The van der Waals surface area contributed by atoms with E-state index in [9.17, 15) is 27.6 Å². The first-order valence-electron chi connectivity index (χ1n) is 11.8. The van der Waals surface area contributed by atoms with Gasteiger partial charge in [-0.25, -0.2) is 4.52 Å². The van der Waals surface area contributed by atoms with Crippen LogP contribution in [0.5, 0.6) is 0 Å². The van der Waals surface area contributed by atoms with Gasteiger partial charge in [-0.15, -0.1) is 0 Å². The van der Waals surface area contributed by atoms with Crippen molar-refractivity contribution in [3.8, 4) is 0 Å². The predicted molar refractivity (Wildman–Crippen MR) is 135 cm³/mol. The molecule has 2 aromatic heterocycles. The quantitative estimate of drug-likeness (QED) is 0.505.